The first-order valence-corrected chi connectivity index (χ1v) is 8.10. The summed E-state index contributed by atoms with van der Waals surface area (Å²) in [6.07, 6.45) is -4.79. The monoisotopic (exact) mass is 379 g/mol. The Labute approximate surface area is 139 Å². The van der Waals surface area contributed by atoms with Crippen LogP contribution in [0.4, 0.5) is 27.6 Å². The fourth-order valence-corrected chi connectivity index (χ4v) is 3.03. The summed E-state index contributed by atoms with van der Waals surface area (Å²) < 4.78 is 91.6. The topological polar surface area (TPSA) is 63.2 Å². The third kappa shape index (κ3) is 4.13. The van der Waals surface area contributed by atoms with Crippen molar-refractivity contribution in [3.8, 4) is 0 Å². The van der Waals surface area contributed by atoms with Gasteiger partial charge in [0.1, 0.15) is 5.69 Å². The van der Waals surface area contributed by atoms with Crippen molar-refractivity contribution in [1.82, 2.24) is 0 Å². The lowest BCUT2D eigenvalue weighted by Gasteiger charge is -2.12. The number of carbonyl (C=O) groups is 1. The zero-order valence-corrected chi connectivity index (χ0v) is 13.3. The third-order valence-electron chi connectivity index (χ3n) is 3.16. The molecule has 4 nitrogen and oxygen atoms in total. The highest BCUT2D eigenvalue weighted by atomic mass is 32.2. The molecule has 0 aliphatic heterocycles. The van der Waals surface area contributed by atoms with E-state index in [0.717, 1.165) is 19.1 Å². The second-order valence-corrected chi connectivity index (χ2v) is 6.68. The standard InChI is InChI=1S/C15H10F5NO3S/c1-8(22)9-5-12(16)14(13(17)6-9)21-25(23,24)11-4-2-3-10(7-11)15(18,19)20/h2-7,21H,1H3. The highest BCUT2D eigenvalue weighted by Crippen LogP contribution is 2.31. The SMILES string of the molecule is CC(=O)c1cc(F)c(NS(=O)(=O)c2cccc(C(F)(F)F)c2)c(F)c1. The van der Waals surface area contributed by atoms with Crippen LogP contribution in [0.5, 0.6) is 0 Å². The Morgan fingerprint density at radius 1 is 1.04 bits per heavy atom. The number of hydrogen-bond acceptors (Lipinski definition) is 3. The van der Waals surface area contributed by atoms with Gasteiger partial charge in [0.05, 0.1) is 10.5 Å². The molecule has 0 spiro atoms. The number of nitrogens with one attached hydrogen (secondary N) is 1. The molecule has 2 rings (SSSR count). The zero-order chi connectivity index (χ0) is 19.0. The van der Waals surface area contributed by atoms with Crippen LogP contribution in [0.25, 0.3) is 0 Å². The first-order valence-electron chi connectivity index (χ1n) is 6.62. The minimum absolute atomic E-state index is 0.322. The fourth-order valence-electron chi connectivity index (χ4n) is 1.91. The second kappa shape index (κ2) is 6.43. The van der Waals surface area contributed by atoms with Gasteiger partial charge in [-0.05, 0) is 37.3 Å². The summed E-state index contributed by atoms with van der Waals surface area (Å²) in [5.41, 5.74) is -2.65. The van der Waals surface area contributed by atoms with Gasteiger partial charge in [0, 0.05) is 5.56 Å². The predicted octanol–water partition coefficient (Wildman–Crippen LogP) is 3.99. The molecule has 0 unspecified atom stereocenters. The van der Waals surface area contributed by atoms with E-state index in [2.05, 4.69) is 0 Å². The van der Waals surface area contributed by atoms with Gasteiger partial charge in [-0.15, -0.1) is 0 Å². The van der Waals surface area contributed by atoms with Gasteiger partial charge in [-0.25, -0.2) is 17.2 Å². The van der Waals surface area contributed by atoms with Gasteiger partial charge in [-0.3, -0.25) is 9.52 Å². The number of halogens is 5. The molecular formula is C15H10F5NO3S. The number of rotatable bonds is 4. The quantitative estimate of drug-likeness (QED) is 0.646. The van der Waals surface area contributed by atoms with E-state index in [-0.39, 0.29) is 5.56 Å². The van der Waals surface area contributed by atoms with Crippen LogP contribution in [-0.2, 0) is 16.2 Å². The van der Waals surface area contributed by atoms with Crippen molar-refractivity contribution in [2.24, 2.45) is 0 Å². The average Bonchev–Trinajstić information content (AvgIpc) is 2.50. The maximum absolute atomic E-state index is 13.9. The van der Waals surface area contributed by atoms with Gasteiger partial charge < -0.3 is 0 Å². The van der Waals surface area contributed by atoms with E-state index >= 15 is 0 Å². The normalized spacial score (nSPS) is 12.1. The molecule has 134 valence electrons. The van der Waals surface area contributed by atoms with E-state index < -0.39 is 49.8 Å². The van der Waals surface area contributed by atoms with E-state index in [4.69, 9.17) is 0 Å². The lowest BCUT2D eigenvalue weighted by molar-refractivity contribution is -0.137. The molecule has 0 radical (unpaired) electrons. The molecule has 0 bridgehead atoms. The summed E-state index contributed by atoms with van der Waals surface area (Å²) in [5.74, 6) is -3.40. The van der Waals surface area contributed by atoms with Crippen LogP contribution in [0.1, 0.15) is 22.8 Å². The molecule has 1 N–H and O–H groups in total. The number of benzene rings is 2. The first-order chi connectivity index (χ1) is 11.4. The van der Waals surface area contributed by atoms with E-state index in [9.17, 15) is 35.2 Å². The highest BCUT2D eigenvalue weighted by molar-refractivity contribution is 7.92. The van der Waals surface area contributed by atoms with Crippen LogP contribution < -0.4 is 4.72 Å². The van der Waals surface area contributed by atoms with Crippen molar-refractivity contribution in [2.45, 2.75) is 18.0 Å². The Morgan fingerprint density at radius 3 is 2.08 bits per heavy atom. The Hall–Kier alpha value is -2.49. The Morgan fingerprint density at radius 2 is 1.60 bits per heavy atom. The summed E-state index contributed by atoms with van der Waals surface area (Å²) in [6.45, 7) is 1.06. The molecule has 0 aromatic heterocycles. The second-order valence-electron chi connectivity index (χ2n) is 5.00. The molecule has 0 aliphatic rings. The summed E-state index contributed by atoms with van der Waals surface area (Å²) in [7, 11) is -4.69. The smallest absolute Gasteiger partial charge is 0.295 e. The van der Waals surface area contributed by atoms with Gasteiger partial charge in [0.2, 0.25) is 0 Å². The van der Waals surface area contributed by atoms with Crippen LogP contribution >= 0.6 is 0 Å². The number of anilines is 1. The van der Waals surface area contributed by atoms with E-state index in [1.807, 2.05) is 0 Å². The van der Waals surface area contributed by atoms with Crippen molar-refractivity contribution in [3.05, 3.63) is 59.2 Å². The number of hydrogen-bond donors (Lipinski definition) is 1. The minimum Gasteiger partial charge on any atom is -0.295 e. The van der Waals surface area contributed by atoms with Crippen molar-refractivity contribution in [1.29, 1.82) is 0 Å². The largest absolute Gasteiger partial charge is 0.416 e. The molecule has 0 fully saturated rings. The van der Waals surface area contributed by atoms with Crippen molar-refractivity contribution < 1.29 is 35.2 Å². The van der Waals surface area contributed by atoms with Gasteiger partial charge in [-0.1, -0.05) is 6.07 Å². The van der Waals surface area contributed by atoms with Crippen LogP contribution in [-0.4, -0.2) is 14.2 Å². The average molecular weight is 379 g/mol. The Balaban J connectivity index is 2.45. The maximum atomic E-state index is 13.9. The van der Waals surface area contributed by atoms with Gasteiger partial charge in [-0.2, -0.15) is 13.2 Å². The molecule has 10 heteroatoms. The molecule has 0 aliphatic carbocycles. The number of Topliss-reactive ketones (excluding diaryl/α,β-unsaturated/α-hetero) is 1. The predicted molar refractivity (Wildman–Crippen MR) is 78.6 cm³/mol. The van der Waals surface area contributed by atoms with Gasteiger partial charge >= 0.3 is 6.18 Å². The van der Waals surface area contributed by atoms with Crippen LogP contribution in [0, 0.1) is 11.6 Å². The van der Waals surface area contributed by atoms with E-state index in [1.165, 1.54) is 0 Å². The zero-order valence-electron chi connectivity index (χ0n) is 12.5. The molecular weight excluding hydrogens is 369 g/mol. The molecule has 2 aromatic carbocycles. The molecule has 25 heavy (non-hydrogen) atoms. The molecule has 2 aromatic rings. The number of carbonyl (C=O) groups excluding carboxylic acids is 1. The molecule has 0 amide bonds. The molecule has 0 heterocycles. The van der Waals surface area contributed by atoms with E-state index in [1.54, 1.807) is 4.72 Å². The Bertz CT molecular complexity index is 915. The number of alkyl halides is 3. The van der Waals surface area contributed by atoms with E-state index in [0.29, 0.717) is 24.3 Å². The van der Waals surface area contributed by atoms with Gasteiger partial charge in [0.25, 0.3) is 10.0 Å². The fraction of sp³-hybridized carbons (Fsp3) is 0.133. The van der Waals surface area contributed by atoms with Crippen molar-refractivity contribution in [3.63, 3.8) is 0 Å². The number of ketones is 1. The molecule has 0 saturated carbocycles. The molecule has 0 saturated heterocycles. The summed E-state index contributed by atoms with van der Waals surface area (Å²) in [6, 6.07) is 3.93. The van der Waals surface area contributed by atoms with Crippen LogP contribution in [0.15, 0.2) is 41.3 Å². The van der Waals surface area contributed by atoms with Crippen molar-refractivity contribution >= 4 is 21.5 Å². The first kappa shape index (κ1) is 18.8. The van der Waals surface area contributed by atoms with Crippen LogP contribution in [0.2, 0.25) is 0 Å². The van der Waals surface area contributed by atoms with Gasteiger partial charge in [0.15, 0.2) is 17.4 Å². The minimum atomic E-state index is -4.79. The Kier molecular flexibility index (Phi) is 4.85. The highest BCUT2D eigenvalue weighted by Gasteiger charge is 2.32. The van der Waals surface area contributed by atoms with Crippen molar-refractivity contribution in [2.75, 3.05) is 4.72 Å². The summed E-state index contributed by atoms with van der Waals surface area (Å²) in [4.78, 5) is 10.3. The van der Waals surface area contributed by atoms with Crippen LogP contribution in [0.3, 0.4) is 0 Å². The third-order valence-corrected chi connectivity index (χ3v) is 4.50. The lowest BCUT2D eigenvalue weighted by Crippen LogP contribution is -2.17. The summed E-state index contributed by atoms with van der Waals surface area (Å²) in [5, 5.41) is 0. The molecule has 0 atom stereocenters. The number of sulfonamides is 1. The lowest BCUT2D eigenvalue weighted by atomic mass is 10.1. The maximum Gasteiger partial charge on any atom is 0.416 e. The summed E-state index contributed by atoms with van der Waals surface area (Å²) >= 11 is 0.